The number of pyridine rings is 1. The van der Waals surface area contributed by atoms with Gasteiger partial charge in [0.15, 0.2) is 0 Å². The van der Waals surface area contributed by atoms with E-state index in [9.17, 15) is 5.11 Å². The zero-order valence-electron chi connectivity index (χ0n) is 13.5. The molecule has 1 aromatic carbocycles. The summed E-state index contributed by atoms with van der Waals surface area (Å²) in [4.78, 5) is 4.25. The zero-order chi connectivity index (χ0) is 15.9. The molecule has 24 heavy (non-hydrogen) atoms. The average molecular weight is 350 g/mol. The molecule has 0 saturated carbocycles. The smallest absolute Gasteiger partial charge is 0.130 e. The van der Waals surface area contributed by atoms with Crippen molar-refractivity contribution in [3.63, 3.8) is 0 Å². The second kappa shape index (κ2) is 9.59. The lowest BCUT2D eigenvalue weighted by Gasteiger charge is -2.14. The first kappa shape index (κ1) is 18.7. The van der Waals surface area contributed by atoms with Gasteiger partial charge in [0.2, 0.25) is 0 Å². The summed E-state index contributed by atoms with van der Waals surface area (Å²) in [7, 11) is 0. The molecule has 2 unspecified atom stereocenters. The van der Waals surface area contributed by atoms with E-state index in [4.69, 9.17) is 4.74 Å². The zero-order valence-corrected chi connectivity index (χ0v) is 14.3. The summed E-state index contributed by atoms with van der Waals surface area (Å²) in [6, 6.07) is 13.9. The first-order valence-electron chi connectivity index (χ1n) is 8.02. The topological polar surface area (TPSA) is 66.4 Å². The molecule has 1 saturated heterocycles. The number of rotatable bonds is 7. The van der Waals surface area contributed by atoms with E-state index in [1.54, 1.807) is 6.20 Å². The molecule has 5 nitrogen and oxygen atoms in total. The SMILES string of the molecule is Cl.OC1CNCC1CNCc1cccc(OCc2ccccn2)c1. The van der Waals surface area contributed by atoms with Gasteiger partial charge in [-0.1, -0.05) is 18.2 Å². The Balaban J connectivity index is 0.00000208. The molecule has 3 N–H and O–H groups in total. The number of hydrogen-bond acceptors (Lipinski definition) is 5. The van der Waals surface area contributed by atoms with Crippen molar-refractivity contribution in [3.05, 3.63) is 59.9 Å². The molecule has 0 spiro atoms. The van der Waals surface area contributed by atoms with Crippen LogP contribution in [0.4, 0.5) is 0 Å². The van der Waals surface area contributed by atoms with Crippen LogP contribution >= 0.6 is 12.4 Å². The highest BCUT2D eigenvalue weighted by Crippen LogP contribution is 2.15. The Kier molecular flexibility index (Phi) is 7.46. The quantitative estimate of drug-likeness (QED) is 0.710. The first-order valence-corrected chi connectivity index (χ1v) is 8.02. The highest BCUT2D eigenvalue weighted by Gasteiger charge is 2.23. The van der Waals surface area contributed by atoms with Gasteiger partial charge < -0.3 is 20.5 Å². The monoisotopic (exact) mass is 349 g/mol. The number of halogens is 1. The first-order chi connectivity index (χ1) is 11.3. The van der Waals surface area contributed by atoms with Crippen molar-refractivity contribution >= 4 is 12.4 Å². The number of aliphatic hydroxyl groups excluding tert-OH is 1. The van der Waals surface area contributed by atoms with Crippen LogP contribution in [0.25, 0.3) is 0 Å². The van der Waals surface area contributed by atoms with Crippen LogP contribution in [0.5, 0.6) is 5.75 Å². The van der Waals surface area contributed by atoms with Gasteiger partial charge in [0, 0.05) is 38.3 Å². The normalized spacial score (nSPS) is 19.7. The van der Waals surface area contributed by atoms with Gasteiger partial charge in [-0.2, -0.15) is 0 Å². The number of ether oxygens (including phenoxy) is 1. The van der Waals surface area contributed by atoms with Gasteiger partial charge >= 0.3 is 0 Å². The van der Waals surface area contributed by atoms with Gasteiger partial charge in [0.1, 0.15) is 12.4 Å². The molecular weight excluding hydrogens is 326 g/mol. The predicted octanol–water partition coefficient (Wildman–Crippen LogP) is 1.75. The number of aliphatic hydroxyl groups is 1. The number of aromatic nitrogens is 1. The van der Waals surface area contributed by atoms with Gasteiger partial charge in [0.25, 0.3) is 0 Å². The van der Waals surface area contributed by atoms with Crippen LogP contribution < -0.4 is 15.4 Å². The van der Waals surface area contributed by atoms with Crippen LogP contribution in [0.3, 0.4) is 0 Å². The number of nitrogens with zero attached hydrogens (tertiary/aromatic N) is 1. The molecule has 0 amide bonds. The van der Waals surface area contributed by atoms with Crippen molar-refractivity contribution in [2.75, 3.05) is 19.6 Å². The van der Waals surface area contributed by atoms with E-state index in [1.807, 2.05) is 36.4 Å². The van der Waals surface area contributed by atoms with Gasteiger partial charge in [-0.05, 0) is 29.8 Å². The molecule has 0 radical (unpaired) electrons. The fourth-order valence-electron chi connectivity index (χ4n) is 2.72. The maximum Gasteiger partial charge on any atom is 0.130 e. The third-order valence-electron chi connectivity index (χ3n) is 4.05. The summed E-state index contributed by atoms with van der Waals surface area (Å²) in [6.07, 6.45) is 1.53. The van der Waals surface area contributed by atoms with Crippen molar-refractivity contribution in [2.24, 2.45) is 5.92 Å². The molecule has 1 aliphatic rings. The molecule has 1 fully saturated rings. The van der Waals surface area contributed by atoms with Gasteiger partial charge in [-0.15, -0.1) is 12.4 Å². The van der Waals surface area contributed by atoms with Crippen LogP contribution in [0, 0.1) is 5.92 Å². The Labute approximate surface area is 148 Å². The second-order valence-corrected chi connectivity index (χ2v) is 5.87. The van der Waals surface area contributed by atoms with Crippen LogP contribution in [0.1, 0.15) is 11.3 Å². The lowest BCUT2D eigenvalue weighted by molar-refractivity contribution is 0.146. The van der Waals surface area contributed by atoms with E-state index in [2.05, 4.69) is 21.7 Å². The summed E-state index contributed by atoms with van der Waals surface area (Å²) in [5, 5.41) is 16.4. The summed E-state index contributed by atoms with van der Waals surface area (Å²) < 4.78 is 5.79. The summed E-state index contributed by atoms with van der Waals surface area (Å²) in [6.45, 7) is 3.62. The molecule has 1 aliphatic heterocycles. The molecular formula is C18H24ClN3O2. The van der Waals surface area contributed by atoms with Gasteiger partial charge in [-0.3, -0.25) is 4.98 Å². The maximum atomic E-state index is 9.78. The Morgan fingerprint density at radius 2 is 2.12 bits per heavy atom. The van der Waals surface area contributed by atoms with Crippen LogP contribution in [0.15, 0.2) is 48.7 Å². The van der Waals surface area contributed by atoms with E-state index < -0.39 is 0 Å². The van der Waals surface area contributed by atoms with E-state index in [-0.39, 0.29) is 18.5 Å². The summed E-state index contributed by atoms with van der Waals surface area (Å²) in [5.74, 6) is 1.14. The number of benzene rings is 1. The molecule has 2 heterocycles. The number of β-amino-alcohol motifs (C(OH)–C–C–N with tert-alkyl or cyclic N) is 1. The fourth-order valence-corrected chi connectivity index (χ4v) is 2.72. The minimum Gasteiger partial charge on any atom is -0.487 e. The third-order valence-corrected chi connectivity index (χ3v) is 4.05. The molecule has 2 atom stereocenters. The molecule has 130 valence electrons. The third kappa shape index (κ3) is 5.46. The average Bonchev–Trinajstić information content (AvgIpc) is 3.00. The fraction of sp³-hybridized carbons (Fsp3) is 0.389. The molecule has 1 aromatic heterocycles. The van der Waals surface area contributed by atoms with Crippen LogP contribution in [0.2, 0.25) is 0 Å². The molecule has 6 heteroatoms. The van der Waals surface area contributed by atoms with Crippen molar-refractivity contribution in [3.8, 4) is 5.75 Å². The largest absolute Gasteiger partial charge is 0.487 e. The lowest BCUT2D eigenvalue weighted by Crippen LogP contribution is -2.30. The number of nitrogens with one attached hydrogen (secondary N) is 2. The highest BCUT2D eigenvalue weighted by atomic mass is 35.5. The van der Waals surface area contributed by atoms with Crippen molar-refractivity contribution in [1.29, 1.82) is 0 Å². The van der Waals surface area contributed by atoms with Crippen LogP contribution in [-0.2, 0) is 13.2 Å². The van der Waals surface area contributed by atoms with Gasteiger partial charge in [0.05, 0.1) is 11.8 Å². The Bertz CT molecular complexity index is 612. The van der Waals surface area contributed by atoms with E-state index in [0.717, 1.165) is 31.1 Å². The second-order valence-electron chi connectivity index (χ2n) is 5.87. The molecule has 3 rings (SSSR count). The standard InChI is InChI=1S/C18H23N3O2.ClH/c22-18-12-20-11-15(18)10-19-9-14-4-3-6-17(8-14)23-13-16-5-1-2-7-21-16;/h1-8,15,18-20,22H,9-13H2;1H. The summed E-state index contributed by atoms with van der Waals surface area (Å²) in [5.41, 5.74) is 2.09. The number of hydrogen-bond donors (Lipinski definition) is 3. The Morgan fingerprint density at radius 3 is 2.88 bits per heavy atom. The van der Waals surface area contributed by atoms with E-state index in [0.29, 0.717) is 19.1 Å². The Morgan fingerprint density at radius 1 is 1.21 bits per heavy atom. The minimum absolute atomic E-state index is 0. The lowest BCUT2D eigenvalue weighted by atomic mass is 10.1. The predicted molar refractivity (Wildman–Crippen MR) is 96.3 cm³/mol. The van der Waals surface area contributed by atoms with Crippen LogP contribution in [-0.4, -0.2) is 35.8 Å². The van der Waals surface area contributed by atoms with E-state index >= 15 is 0 Å². The molecule has 0 bridgehead atoms. The minimum atomic E-state index is -0.240. The summed E-state index contributed by atoms with van der Waals surface area (Å²) >= 11 is 0. The maximum absolute atomic E-state index is 9.78. The molecule has 2 aromatic rings. The van der Waals surface area contributed by atoms with E-state index in [1.165, 1.54) is 5.56 Å². The van der Waals surface area contributed by atoms with Crippen molar-refractivity contribution in [1.82, 2.24) is 15.6 Å². The van der Waals surface area contributed by atoms with Crippen molar-refractivity contribution < 1.29 is 9.84 Å². The Hall–Kier alpha value is -1.66. The van der Waals surface area contributed by atoms with Gasteiger partial charge in [-0.25, -0.2) is 0 Å². The highest BCUT2D eigenvalue weighted by molar-refractivity contribution is 5.85. The van der Waals surface area contributed by atoms with Crippen molar-refractivity contribution in [2.45, 2.75) is 19.3 Å². The molecule has 0 aliphatic carbocycles.